The van der Waals surface area contributed by atoms with Crippen molar-refractivity contribution in [3.05, 3.63) is 23.3 Å². The highest BCUT2D eigenvalue weighted by Gasteiger charge is 2.16. The van der Waals surface area contributed by atoms with Crippen molar-refractivity contribution >= 4 is 17.6 Å². The summed E-state index contributed by atoms with van der Waals surface area (Å²) in [6, 6.07) is 3.36. The van der Waals surface area contributed by atoms with Crippen LogP contribution >= 0.6 is 0 Å². The number of aromatic hydroxyl groups is 1. The van der Waals surface area contributed by atoms with Gasteiger partial charge in [-0.3, -0.25) is 0 Å². The number of fused-ring (bicyclic) bond motifs is 1. The van der Waals surface area contributed by atoms with Gasteiger partial charge in [0.1, 0.15) is 5.75 Å². The van der Waals surface area contributed by atoms with Crippen molar-refractivity contribution in [2.24, 2.45) is 27.2 Å². The summed E-state index contributed by atoms with van der Waals surface area (Å²) in [6.07, 6.45) is 3.92. The van der Waals surface area contributed by atoms with E-state index in [-0.39, 0.29) is 11.9 Å². The molecule has 0 amide bonds. The van der Waals surface area contributed by atoms with Crippen molar-refractivity contribution in [2.75, 3.05) is 0 Å². The fourth-order valence-corrected chi connectivity index (χ4v) is 2.22. The highest BCUT2D eigenvalue weighted by atomic mass is 16.3. The van der Waals surface area contributed by atoms with E-state index in [9.17, 15) is 5.11 Å². The van der Waals surface area contributed by atoms with E-state index < -0.39 is 0 Å². The zero-order valence-electron chi connectivity index (χ0n) is 10.1. The number of benzene rings is 1. The predicted octanol–water partition coefficient (Wildman–Crippen LogP) is 0.491. The third-order valence-corrected chi connectivity index (χ3v) is 2.96. The number of nitrogens with two attached hydrogens (primary N) is 3. The molecule has 1 aromatic rings. The van der Waals surface area contributed by atoms with E-state index in [4.69, 9.17) is 17.2 Å². The zero-order valence-corrected chi connectivity index (χ0v) is 10.1. The van der Waals surface area contributed by atoms with Crippen LogP contribution in [-0.2, 0) is 12.8 Å². The molecule has 0 bridgehead atoms. The summed E-state index contributed by atoms with van der Waals surface area (Å²) in [6.45, 7) is 0. The number of phenolic OH excluding ortho intramolecular Hbond substituents is 1. The van der Waals surface area contributed by atoms with Crippen molar-refractivity contribution in [2.45, 2.75) is 25.7 Å². The van der Waals surface area contributed by atoms with Gasteiger partial charge in [0.2, 0.25) is 5.96 Å². The quantitative estimate of drug-likeness (QED) is 0.426. The van der Waals surface area contributed by atoms with Gasteiger partial charge in [-0.2, -0.15) is 4.99 Å². The third kappa shape index (κ3) is 2.53. The number of rotatable bonds is 1. The molecule has 0 atom stereocenters. The van der Waals surface area contributed by atoms with E-state index in [2.05, 4.69) is 9.98 Å². The van der Waals surface area contributed by atoms with E-state index >= 15 is 0 Å². The standard InChI is InChI=1S/C12H17N5O/c13-11(14)17-12(15)16-9-5-6-10(18)8-4-2-1-3-7(8)9/h5-6,18H,1-4H2,(H6,13,14,15,16,17). The second-order valence-corrected chi connectivity index (χ2v) is 4.27. The van der Waals surface area contributed by atoms with E-state index in [1.807, 2.05) is 0 Å². The number of nitrogens with zero attached hydrogens (tertiary/aromatic N) is 2. The predicted molar refractivity (Wildman–Crippen MR) is 71.8 cm³/mol. The Hall–Kier alpha value is -2.24. The molecule has 7 N–H and O–H groups in total. The maximum atomic E-state index is 9.81. The number of guanidine groups is 2. The Bertz CT molecular complexity index is 517. The molecule has 18 heavy (non-hydrogen) atoms. The van der Waals surface area contributed by atoms with Gasteiger partial charge < -0.3 is 22.3 Å². The molecule has 0 unspecified atom stereocenters. The fourth-order valence-electron chi connectivity index (χ4n) is 2.22. The molecule has 0 saturated heterocycles. The molecule has 6 heteroatoms. The molecule has 0 spiro atoms. The first kappa shape index (κ1) is 12.2. The third-order valence-electron chi connectivity index (χ3n) is 2.96. The van der Waals surface area contributed by atoms with Gasteiger partial charge in [-0.25, -0.2) is 4.99 Å². The highest BCUT2D eigenvalue weighted by Crippen LogP contribution is 2.35. The van der Waals surface area contributed by atoms with Crippen LogP contribution < -0.4 is 17.2 Å². The van der Waals surface area contributed by atoms with Crippen LogP contribution in [0.2, 0.25) is 0 Å². The molecular formula is C12H17N5O. The molecular weight excluding hydrogens is 230 g/mol. The Morgan fingerprint density at radius 2 is 1.72 bits per heavy atom. The van der Waals surface area contributed by atoms with Crippen LogP contribution in [0.5, 0.6) is 5.75 Å². The summed E-state index contributed by atoms with van der Waals surface area (Å²) < 4.78 is 0. The van der Waals surface area contributed by atoms with Crippen molar-refractivity contribution in [1.82, 2.24) is 0 Å². The normalized spacial score (nSPS) is 15.0. The number of phenols is 1. The summed E-state index contributed by atoms with van der Waals surface area (Å²) in [5.74, 6) is 0.224. The van der Waals surface area contributed by atoms with Gasteiger partial charge in [0.25, 0.3) is 0 Å². The van der Waals surface area contributed by atoms with Crippen molar-refractivity contribution in [3.63, 3.8) is 0 Å². The van der Waals surface area contributed by atoms with E-state index in [1.165, 1.54) is 0 Å². The second kappa shape index (κ2) is 4.95. The minimum absolute atomic E-state index is 0.0217. The second-order valence-electron chi connectivity index (χ2n) is 4.27. The van der Waals surface area contributed by atoms with Crippen LogP contribution in [0.1, 0.15) is 24.0 Å². The minimum Gasteiger partial charge on any atom is -0.508 e. The molecule has 0 aromatic heterocycles. The number of aliphatic imine (C=N–C) groups is 2. The van der Waals surface area contributed by atoms with Gasteiger partial charge in [0.15, 0.2) is 5.96 Å². The lowest BCUT2D eigenvalue weighted by Crippen LogP contribution is -2.26. The summed E-state index contributed by atoms with van der Waals surface area (Å²) in [7, 11) is 0. The Morgan fingerprint density at radius 1 is 1.06 bits per heavy atom. The molecule has 0 radical (unpaired) electrons. The Morgan fingerprint density at radius 3 is 2.39 bits per heavy atom. The van der Waals surface area contributed by atoms with Gasteiger partial charge >= 0.3 is 0 Å². The molecule has 96 valence electrons. The van der Waals surface area contributed by atoms with E-state index in [0.717, 1.165) is 42.5 Å². The molecule has 2 rings (SSSR count). The van der Waals surface area contributed by atoms with Crippen molar-refractivity contribution in [3.8, 4) is 5.75 Å². The van der Waals surface area contributed by atoms with Crippen LogP contribution in [0.4, 0.5) is 5.69 Å². The van der Waals surface area contributed by atoms with Crippen LogP contribution in [-0.4, -0.2) is 17.0 Å². The largest absolute Gasteiger partial charge is 0.508 e. The topological polar surface area (TPSA) is 123 Å². The zero-order chi connectivity index (χ0) is 13.1. The lowest BCUT2D eigenvalue weighted by atomic mass is 9.90. The Kier molecular flexibility index (Phi) is 3.36. The molecule has 0 fully saturated rings. The van der Waals surface area contributed by atoms with Gasteiger partial charge in [0.05, 0.1) is 5.69 Å². The molecule has 1 aliphatic carbocycles. The molecule has 6 nitrogen and oxygen atoms in total. The van der Waals surface area contributed by atoms with Gasteiger partial charge in [0, 0.05) is 0 Å². The fraction of sp³-hybridized carbons (Fsp3) is 0.333. The average molecular weight is 247 g/mol. The molecule has 0 aliphatic heterocycles. The summed E-state index contributed by atoms with van der Waals surface area (Å²) in [5, 5.41) is 9.81. The van der Waals surface area contributed by atoms with E-state index in [1.54, 1.807) is 12.1 Å². The molecule has 1 aliphatic rings. The number of hydrogen-bond acceptors (Lipinski definition) is 2. The van der Waals surface area contributed by atoms with Crippen molar-refractivity contribution in [1.29, 1.82) is 0 Å². The molecule has 1 aromatic carbocycles. The number of hydrogen-bond donors (Lipinski definition) is 4. The summed E-state index contributed by atoms with van der Waals surface area (Å²) >= 11 is 0. The average Bonchev–Trinajstić information content (AvgIpc) is 2.32. The lowest BCUT2D eigenvalue weighted by Gasteiger charge is -2.18. The first-order valence-electron chi connectivity index (χ1n) is 5.85. The maximum Gasteiger partial charge on any atom is 0.223 e. The van der Waals surface area contributed by atoms with Crippen LogP contribution in [0.25, 0.3) is 0 Å². The minimum atomic E-state index is -0.121. The van der Waals surface area contributed by atoms with Crippen LogP contribution in [0.3, 0.4) is 0 Å². The van der Waals surface area contributed by atoms with Gasteiger partial charge in [-0.15, -0.1) is 0 Å². The maximum absolute atomic E-state index is 9.81. The smallest absolute Gasteiger partial charge is 0.223 e. The SMILES string of the molecule is NC(N)=NC(N)=Nc1ccc(O)c2c1CCCC2. The summed E-state index contributed by atoms with van der Waals surface area (Å²) in [5.41, 5.74) is 18.8. The Balaban J connectivity index is 2.43. The van der Waals surface area contributed by atoms with Gasteiger partial charge in [-0.05, 0) is 48.9 Å². The van der Waals surface area contributed by atoms with E-state index in [0.29, 0.717) is 5.75 Å². The van der Waals surface area contributed by atoms with Crippen LogP contribution in [0, 0.1) is 0 Å². The Labute approximate surface area is 105 Å². The lowest BCUT2D eigenvalue weighted by molar-refractivity contribution is 0.462. The molecule has 0 heterocycles. The molecule has 0 saturated carbocycles. The van der Waals surface area contributed by atoms with Crippen LogP contribution in [0.15, 0.2) is 22.1 Å². The first-order chi connectivity index (χ1) is 8.58. The van der Waals surface area contributed by atoms with Gasteiger partial charge in [-0.1, -0.05) is 0 Å². The van der Waals surface area contributed by atoms with Crippen molar-refractivity contribution < 1.29 is 5.11 Å². The highest BCUT2D eigenvalue weighted by molar-refractivity contribution is 5.93. The monoisotopic (exact) mass is 247 g/mol. The first-order valence-corrected chi connectivity index (χ1v) is 5.85. The summed E-state index contributed by atoms with van der Waals surface area (Å²) in [4.78, 5) is 7.87.